The largest absolute Gasteiger partial charge is 0.416 e. The highest BCUT2D eigenvalue weighted by Gasteiger charge is 2.33. The number of nitro benzene ring substituents is 1. The van der Waals surface area contributed by atoms with Crippen LogP contribution in [0.3, 0.4) is 0 Å². The molecule has 0 bridgehead atoms. The minimum absolute atomic E-state index is 0.0588. The number of aromatic nitrogens is 1. The third-order valence-corrected chi connectivity index (χ3v) is 3.59. The first-order valence-corrected chi connectivity index (χ1v) is 6.43. The maximum atomic E-state index is 12.7. The van der Waals surface area contributed by atoms with Gasteiger partial charge in [0.2, 0.25) is 0 Å². The molecule has 2 rings (SSSR count). The number of alkyl halides is 3. The van der Waals surface area contributed by atoms with Crippen LogP contribution in [-0.4, -0.2) is 9.91 Å². The monoisotopic (exact) mass is 352 g/mol. The van der Waals surface area contributed by atoms with Crippen molar-refractivity contribution >= 4 is 33.0 Å². The molecular weight excluding hydrogens is 349 g/mol. The van der Waals surface area contributed by atoms with Gasteiger partial charge in [-0.25, -0.2) is 4.98 Å². The molecule has 2 aromatic rings. The second-order valence-corrected chi connectivity index (χ2v) is 5.64. The first kappa shape index (κ1) is 13.9. The van der Waals surface area contributed by atoms with E-state index in [2.05, 4.69) is 20.9 Å². The molecular formula is C10H4BrF3N2O2S. The van der Waals surface area contributed by atoms with Crippen LogP contribution in [0.5, 0.6) is 0 Å². The van der Waals surface area contributed by atoms with Crippen LogP contribution in [-0.2, 0) is 6.18 Å². The number of benzene rings is 1. The van der Waals surface area contributed by atoms with Gasteiger partial charge in [-0.3, -0.25) is 10.1 Å². The van der Waals surface area contributed by atoms with Crippen molar-refractivity contribution in [1.29, 1.82) is 0 Å². The van der Waals surface area contributed by atoms with E-state index in [1.54, 1.807) is 0 Å². The van der Waals surface area contributed by atoms with Crippen LogP contribution in [0, 0.1) is 10.1 Å². The molecule has 0 saturated carbocycles. The van der Waals surface area contributed by atoms with E-state index in [1.165, 1.54) is 16.7 Å². The summed E-state index contributed by atoms with van der Waals surface area (Å²) in [4.78, 5) is 13.8. The van der Waals surface area contributed by atoms with E-state index in [0.29, 0.717) is 9.98 Å². The van der Waals surface area contributed by atoms with Gasteiger partial charge in [0.25, 0.3) is 5.69 Å². The summed E-state index contributed by atoms with van der Waals surface area (Å²) in [6, 6.07) is 2.41. The zero-order chi connectivity index (χ0) is 14.2. The summed E-state index contributed by atoms with van der Waals surface area (Å²) < 4.78 is 38.5. The van der Waals surface area contributed by atoms with E-state index >= 15 is 0 Å². The van der Waals surface area contributed by atoms with E-state index < -0.39 is 22.4 Å². The van der Waals surface area contributed by atoms with Gasteiger partial charge in [-0.1, -0.05) is 0 Å². The van der Waals surface area contributed by atoms with Crippen molar-refractivity contribution in [2.45, 2.75) is 6.18 Å². The predicted octanol–water partition coefficient (Wildman–Crippen LogP) is 4.50. The SMILES string of the molecule is O=[N+]([O-])c1cc(-c2csc(Br)n2)cc(C(F)(F)F)c1. The van der Waals surface area contributed by atoms with E-state index in [4.69, 9.17) is 0 Å². The van der Waals surface area contributed by atoms with Gasteiger partial charge in [0.05, 0.1) is 16.2 Å². The number of nitro groups is 1. The van der Waals surface area contributed by atoms with Gasteiger partial charge in [-0.2, -0.15) is 13.2 Å². The van der Waals surface area contributed by atoms with E-state index in [0.717, 1.165) is 12.1 Å². The molecule has 0 unspecified atom stereocenters. The molecule has 0 atom stereocenters. The molecule has 1 aromatic heterocycles. The zero-order valence-corrected chi connectivity index (χ0v) is 11.3. The topological polar surface area (TPSA) is 56.0 Å². The molecule has 1 heterocycles. The predicted molar refractivity (Wildman–Crippen MR) is 66.9 cm³/mol. The molecule has 0 radical (unpaired) electrons. The Morgan fingerprint density at radius 3 is 2.47 bits per heavy atom. The van der Waals surface area contributed by atoms with Crippen LogP contribution in [0.25, 0.3) is 11.3 Å². The quantitative estimate of drug-likeness (QED) is 0.590. The third kappa shape index (κ3) is 3.10. The van der Waals surface area contributed by atoms with Gasteiger partial charge < -0.3 is 0 Å². The molecule has 4 nitrogen and oxygen atoms in total. The van der Waals surface area contributed by atoms with Gasteiger partial charge in [0.15, 0.2) is 3.92 Å². The summed E-state index contributed by atoms with van der Waals surface area (Å²) >= 11 is 4.27. The van der Waals surface area contributed by atoms with Gasteiger partial charge in [0.1, 0.15) is 0 Å². The molecule has 0 aliphatic rings. The van der Waals surface area contributed by atoms with Crippen molar-refractivity contribution in [1.82, 2.24) is 4.98 Å². The van der Waals surface area contributed by atoms with Crippen molar-refractivity contribution in [3.8, 4) is 11.3 Å². The Bertz CT molecular complexity index is 642. The standard InChI is InChI=1S/C10H4BrF3N2O2S/c11-9-15-8(4-19-9)5-1-6(10(12,13)14)3-7(2-5)16(17)18/h1-4H. The number of nitrogens with zero attached hydrogens (tertiary/aromatic N) is 2. The number of thiazole rings is 1. The minimum atomic E-state index is -4.64. The van der Waals surface area contributed by atoms with Gasteiger partial charge >= 0.3 is 6.18 Å². The summed E-state index contributed by atoms with van der Waals surface area (Å²) in [5, 5.41) is 12.2. The third-order valence-electron chi connectivity index (χ3n) is 2.23. The second kappa shape index (κ2) is 4.89. The summed E-state index contributed by atoms with van der Waals surface area (Å²) in [6.07, 6.45) is -4.64. The Kier molecular flexibility index (Phi) is 3.59. The van der Waals surface area contributed by atoms with Crippen molar-refractivity contribution in [2.75, 3.05) is 0 Å². The smallest absolute Gasteiger partial charge is 0.258 e. The highest BCUT2D eigenvalue weighted by molar-refractivity contribution is 9.11. The molecule has 19 heavy (non-hydrogen) atoms. The molecule has 0 aliphatic carbocycles. The zero-order valence-electron chi connectivity index (χ0n) is 8.94. The number of halogens is 4. The van der Waals surface area contributed by atoms with Crippen molar-refractivity contribution in [3.63, 3.8) is 0 Å². The lowest BCUT2D eigenvalue weighted by atomic mass is 10.1. The number of rotatable bonds is 2. The molecule has 9 heteroatoms. The van der Waals surface area contributed by atoms with E-state index in [9.17, 15) is 23.3 Å². The Morgan fingerprint density at radius 2 is 2.00 bits per heavy atom. The lowest BCUT2D eigenvalue weighted by Gasteiger charge is -2.08. The maximum absolute atomic E-state index is 12.7. The Labute approximate surface area is 117 Å². The van der Waals surface area contributed by atoms with Crippen LogP contribution >= 0.6 is 27.3 Å². The molecule has 0 aliphatic heterocycles. The van der Waals surface area contributed by atoms with E-state index in [-0.39, 0.29) is 11.3 Å². The normalized spacial score (nSPS) is 11.6. The second-order valence-electron chi connectivity index (χ2n) is 3.51. The fourth-order valence-corrected chi connectivity index (χ4v) is 2.43. The first-order valence-electron chi connectivity index (χ1n) is 4.75. The number of hydrogen-bond acceptors (Lipinski definition) is 4. The lowest BCUT2D eigenvalue weighted by Crippen LogP contribution is -2.06. The minimum Gasteiger partial charge on any atom is -0.258 e. The molecule has 0 N–H and O–H groups in total. The van der Waals surface area contributed by atoms with Crippen LogP contribution < -0.4 is 0 Å². The lowest BCUT2D eigenvalue weighted by molar-refractivity contribution is -0.385. The molecule has 0 amide bonds. The van der Waals surface area contributed by atoms with E-state index in [1.807, 2.05) is 0 Å². The van der Waals surface area contributed by atoms with Crippen molar-refractivity contribution in [3.05, 3.63) is 43.2 Å². The molecule has 0 saturated heterocycles. The van der Waals surface area contributed by atoms with Crippen molar-refractivity contribution in [2.24, 2.45) is 0 Å². The summed E-state index contributed by atoms with van der Waals surface area (Å²) in [6.45, 7) is 0. The fourth-order valence-electron chi connectivity index (χ4n) is 1.41. The molecule has 100 valence electrons. The summed E-state index contributed by atoms with van der Waals surface area (Å²) in [5.41, 5.74) is -1.37. The highest BCUT2D eigenvalue weighted by atomic mass is 79.9. The average molecular weight is 353 g/mol. The van der Waals surface area contributed by atoms with Gasteiger partial charge in [0, 0.05) is 23.1 Å². The number of non-ortho nitro benzene ring substituents is 1. The molecule has 1 aromatic carbocycles. The Hall–Kier alpha value is -1.48. The Morgan fingerprint density at radius 1 is 1.32 bits per heavy atom. The van der Waals surface area contributed by atoms with Gasteiger partial charge in [-0.15, -0.1) is 11.3 Å². The van der Waals surface area contributed by atoms with Crippen LogP contribution in [0.4, 0.5) is 18.9 Å². The van der Waals surface area contributed by atoms with Crippen LogP contribution in [0.15, 0.2) is 27.5 Å². The fraction of sp³-hybridized carbons (Fsp3) is 0.100. The van der Waals surface area contributed by atoms with Crippen molar-refractivity contribution < 1.29 is 18.1 Å². The maximum Gasteiger partial charge on any atom is 0.416 e. The van der Waals surface area contributed by atoms with Crippen LogP contribution in [0.2, 0.25) is 0 Å². The van der Waals surface area contributed by atoms with Gasteiger partial charge in [-0.05, 0) is 22.0 Å². The number of hydrogen-bond donors (Lipinski definition) is 0. The Balaban J connectivity index is 2.61. The average Bonchev–Trinajstić information content (AvgIpc) is 2.74. The van der Waals surface area contributed by atoms with Crippen LogP contribution in [0.1, 0.15) is 5.56 Å². The molecule has 0 fully saturated rings. The molecule has 0 spiro atoms. The summed E-state index contributed by atoms with van der Waals surface area (Å²) in [5.74, 6) is 0. The summed E-state index contributed by atoms with van der Waals surface area (Å²) in [7, 11) is 0. The first-order chi connectivity index (χ1) is 8.77. The highest BCUT2D eigenvalue weighted by Crippen LogP contribution is 2.36.